The molecule has 0 aromatic carbocycles. The van der Waals surface area contributed by atoms with Gasteiger partial charge in [0.25, 0.3) is 0 Å². The first-order chi connectivity index (χ1) is 18.6. The van der Waals surface area contributed by atoms with Gasteiger partial charge in [-0.15, -0.1) is 0 Å². The lowest BCUT2D eigenvalue weighted by atomic mass is 9.53. The largest absolute Gasteiger partial charge is 0.466 e. The van der Waals surface area contributed by atoms with Gasteiger partial charge in [-0.1, -0.05) is 39.8 Å². The molecule has 40 heavy (non-hydrogen) atoms. The summed E-state index contributed by atoms with van der Waals surface area (Å²) in [4.78, 5) is 50.2. The van der Waals surface area contributed by atoms with Crippen LogP contribution in [0.25, 0.3) is 0 Å². The van der Waals surface area contributed by atoms with Gasteiger partial charge in [0, 0.05) is 25.8 Å². The number of esters is 2. The average Bonchev–Trinajstić information content (AvgIpc) is 3.21. The van der Waals surface area contributed by atoms with E-state index >= 15 is 0 Å². The van der Waals surface area contributed by atoms with Crippen LogP contribution in [0.2, 0.25) is 0 Å². The van der Waals surface area contributed by atoms with E-state index in [9.17, 15) is 29.4 Å². The molecule has 0 aromatic heterocycles. The highest BCUT2D eigenvalue weighted by atomic mass is 16.5. The summed E-state index contributed by atoms with van der Waals surface area (Å²) < 4.78 is 10.5. The third-order valence-electron chi connectivity index (χ3n) is 10.4. The van der Waals surface area contributed by atoms with Gasteiger partial charge in [0.05, 0.1) is 24.7 Å². The summed E-state index contributed by atoms with van der Waals surface area (Å²) in [7, 11) is 0. The summed E-state index contributed by atoms with van der Waals surface area (Å²) >= 11 is 0. The van der Waals surface area contributed by atoms with Crippen LogP contribution in [0.5, 0.6) is 0 Å². The van der Waals surface area contributed by atoms with E-state index in [1.54, 1.807) is 6.92 Å². The molecule has 224 valence electrons. The number of fused-ring (bicyclic) bond motifs is 1. The molecule has 3 rings (SSSR count). The molecule has 9 atom stereocenters. The van der Waals surface area contributed by atoms with Gasteiger partial charge in [0.2, 0.25) is 0 Å². The molecular weight excluding hydrogens is 512 g/mol. The summed E-state index contributed by atoms with van der Waals surface area (Å²) in [5, 5.41) is 21.6. The molecule has 0 heterocycles. The van der Waals surface area contributed by atoms with Crippen LogP contribution < -0.4 is 0 Å². The van der Waals surface area contributed by atoms with Crippen molar-refractivity contribution in [3.63, 3.8) is 0 Å². The Hall–Kier alpha value is -2.32. The van der Waals surface area contributed by atoms with Crippen molar-refractivity contribution < 1.29 is 38.9 Å². The van der Waals surface area contributed by atoms with Gasteiger partial charge in [0.1, 0.15) is 5.60 Å². The van der Waals surface area contributed by atoms with E-state index < -0.39 is 28.3 Å². The summed E-state index contributed by atoms with van der Waals surface area (Å²) in [6.45, 7) is 13.4. The van der Waals surface area contributed by atoms with Crippen LogP contribution in [0.4, 0.5) is 0 Å². The molecule has 0 bridgehead atoms. The van der Waals surface area contributed by atoms with E-state index in [1.165, 1.54) is 19.9 Å². The van der Waals surface area contributed by atoms with Crippen molar-refractivity contribution in [1.29, 1.82) is 0 Å². The monoisotopic (exact) mass is 560 g/mol. The minimum Gasteiger partial charge on any atom is -0.466 e. The van der Waals surface area contributed by atoms with E-state index in [0.717, 1.165) is 6.42 Å². The second kappa shape index (κ2) is 12.3. The number of rotatable bonds is 10. The molecule has 0 amide bonds. The predicted molar refractivity (Wildman–Crippen MR) is 150 cm³/mol. The second-order valence-electron chi connectivity index (χ2n) is 13.1. The lowest BCUT2D eigenvalue weighted by molar-refractivity contribution is -0.174. The molecule has 0 radical (unpaired) electrons. The van der Waals surface area contributed by atoms with Crippen LogP contribution in [0.3, 0.4) is 0 Å². The van der Waals surface area contributed by atoms with Crippen molar-refractivity contribution in [2.45, 2.75) is 98.7 Å². The zero-order valence-corrected chi connectivity index (χ0v) is 25.2. The molecule has 2 N–H and O–H groups in total. The van der Waals surface area contributed by atoms with Gasteiger partial charge in [-0.3, -0.25) is 19.2 Å². The number of aliphatic hydroxyl groups is 2. The highest BCUT2D eigenvalue weighted by Gasteiger charge is 2.63. The van der Waals surface area contributed by atoms with Crippen LogP contribution in [0.1, 0.15) is 87.0 Å². The molecule has 2 fully saturated rings. The molecule has 0 saturated heterocycles. The standard InChI is InChI=1S/C32H48O8/c1-19(21(3)18-40-23(5)34)8-9-20(2)26-10-11-27(30(26,6)14-15-39-22(4)33)25-16-28(36)32(38)17-24(35)12-13-31(32,7)29(25)37/h8-9,16,19-21,24,26-27,35,38H,10-15,17-18H2,1-7H3/b9-8+/t19-,20-,21+,24+,26-,27+,30-,31-,32+/m1/s1. The van der Waals surface area contributed by atoms with Crippen LogP contribution in [0, 0.1) is 40.4 Å². The third kappa shape index (κ3) is 6.13. The Kier molecular flexibility index (Phi) is 9.88. The Morgan fingerprint density at radius 3 is 2.33 bits per heavy atom. The number of carbonyl (C=O) groups is 4. The van der Waals surface area contributed by atoms with E-state index in [0.29, 0.717) is 31.4 Å². The number of ketones is 2. The summed E-state index contributed by atoms with van der Waals surface area (Å²) in [6.07, 6.45) is 7.43. The summed E-state index contributed by atoms with van der Waals surface area (Å²) in [5.41, 5.74) is -3.15. The predicted octanol–water partition coefficient (Wildman–Crippen LogP) is 4.36. The van der Waals surface area contributed by atoms with Crippen molar-refractivity contribution in [3.05, 3.63) is 23.8 Å². The number of carbonyl (C=O) groups excluding carboxylic acids is 4. The van der Waals surface area contributed by atoms with E-state index in [1.807, 2.05) is 6.92 Å². The lowest BCUT2D eigenvalue weighted by Gasteiger charge is -2.51. The SMILES string of the molecule is CC(=O)OCC[C@]1(C)[C@@H]([C@H](C)/C=C/[C@@H](C)[C@@H](C)COC(C)=O)CC[C@H]1C1=CC(=O)[C@@]2(O)C[C@@H](O)CC[C@]2(C)C1=O. The van der Waals surface area contributed by atoms with Crippen molar-refractivity contribution in [2.75, 3.05) is 13.2 Å². The van der Waals surface area contributed by atoms with Crippen molar-refractivity contribution >= 4 is 23.5 Å². The topological polar surface area (TPSA) is 127 Å². The fraction of sp³-hybridized carbons (Fsp3) is 0.750. The molecule has 0 aliphatic heterocycles. The van der Waals surface area contributed by atoms with Crippen LogP contribution in [-0.2, 0) is 28.7 Å². The Bertz CT molecular complexity index is 1060. The molecule has 0 aromatic rings. The molecule has 8 heteroatoms. The third-order valence-corrected chi connectivity index (χ3v) is 10.4. The summed E-state index contributed by atoms with van der Waals surface area (Å²) in [6, 6.07) is 0. The molecule has 3 aliphatic rings. The zero-order chi connectivity index (χ0) is 30.0. The Morgan fingerprint density at radius 2 is 1.70 bits per heavy atom. The Morgan fingerprint density at radius 1 is 1.05 bits per heavy atom. The number of Topliss-reactive ketones (excluding diaryl/α,β-unsaturated/α-hetero) is 1. The minimum absolute atomic E-state index is 0.134. The molecule has 0 unspecified atom stereocenters. The maximum absolute atomic E-state index is 14.1. The second-order valence-corrected chi connectivity index (χ2v) is 13.1. The number of hydrogen-bond donors (Lipinski definition) is 2. The van der Waals surface area contributed by atoms with E-state index in [-0.39, 0.29) is 66.8 Å². The quantitative estimate of drug-likeness (QED) is 0.298. The van der Waals surface area contributed by atoms with E-state index in [2.05, 4.69) is 32.9 Å². The Labute approximate surface area is 238 Å². The average molecular weight is 561 g/mol. The lowest BCUT2D eigenvalue weighted by Crippen LogP contribution is -2.63. The van der Waals surface area contributed by atoms with Crippen molar-refractivity contribution in [1.82, 2.24) is 0 Å². The fourth-order valence-corrected chi connectivity index (χ4v) is 7.40. The van der Waals surface area contributed by atoms with Crippen LogP contribution in [-0.4, -0.2) is 58.6 Å². The normalized spacial score (nSPS) is 36.5. The van der Waals surface area contributed by atoms with Gasteiger partial charge in [-0.2, -0.15) is 0 Å². The number of aliphatic hydroxyl groups excluding tert-OH is 1. The van der Waals surface area contributed by atoms with Gasteiger partial charge in [-0.05, 0) is 80.1 Å². The van der Waals surface area contributed by atoms with Gasteiger partial charge in [0.15, 0.2) is 11.6 Å². The molecule has 2 saturated carbocycles. The van der Waals surface area contributed by atoms with Gasteiger partial charge in [-0.25, -0.2) is 0 Å². The summed E-state index contributed by atoms with van der Waals surface area (Å²) in [5.74, 6) is -0.949. The highest BCUT2D eigenvalue weighted by molar-refractivity contribution is 6.16. The van der Waals surface area contributed by atoms with Crippen LogP contribution >= 0.6 is 0 Å². The number of ether oxygens (including phenoxy) is 2. The highest BCUT2D eigenvalue weighted by Crippen LogP contribution is 2.59. The first-order valence-corrected chi connectivity index (χ1v) is 14.7. The molecule has 3 aliphatic carbocycles. The van der Waals surface area contributed by atoms with Crippen molar-refractivity contribution in [3.8, 4) is 0 Å². The zero-order valence-electron chi connectivity index (χ0n) is 25.2. The first kappa shape index (κ1) is 32.2. The minimum atomic E-state index is -1.90. The van der Waals surface area contributed by atoms with Crippen molar-refractivity contribution in [2.24, 2.45) is 40.4 Å². The number of hydrogen-bond acceptors (Lipinski definition) is 8. The Balaban J connectivity index is 1.90. The molecule has 8 nitrogen and oxygen atoms in total. The van der Waals surface area contributed by atoms with Gasteiger partial charge >= 0.3 is 11.9 Å². The first-order valence-electron chi connectivity index (χ1n) is 14.7. The van der Waals surface area contributed by atoms with Gasteiger partial charge < -0.3 is 19.7 Å². The maximum atomic E-state index is 14.1. The molecule has 0 spiro atoms. The smallest absolute Gasteiger partial charge is 0.302 e. The fourth-order valence-electron chi connectivity index (χ4n) is 7.40. The molecular formula is C32H48O8. The van der Waals surface area contributed by atoms with E-state index in [4.69, 9.17) is 9.47 Å². The number of allylic oxidation sites excluding steroid dienone is 3. The van der Waals surface area contributed by atoms with Crippen LogP contribution in [0.15, 0.2) is 23.8 Å². The maximum Gasteiger partial charge on any atom is 0.302 e.